The van der Waals surface area contributed by atoms with E-state index in [1.54, 1.807) is 7.11 Å². The summed E-state index contributed by atoms with van der Waals surface area (Å²) in [6.07, 6.45) is 0.822. The maximum Gasteiger partial charge on any atom is 0.162 e. The van der Waals surface area contributed by atoms with Crippen LogP contribution in [0.4, 0.5) is 5.82 Å². The van der Waals surface area contributed by atoms with E-state index < -0.39 is 5.60 Å². The summed E-state index contributed by atoms with van der Waals surface area (Å²) in [5, 5.41) is 3.22. The van der Waals surface area contributed by atoms with Crippen molar-refractivity contribution in [2.24, 2.45) is 0 Å². The molecular weight excluding hydrogens is 242 g/mol. The summed E-state index contributed by atoms with van der Waals surface area (Å²) in [7, 11) is 1.66. The second kappa shape index (κ2) is 7.40. The third-order valence-corrected chi connectivity index (χ3v) is 3.04. The Kier molecular flexibility index (Phi) is 6.18. The van der Waals surface area contributed by atoms with Crippen LogP contribution in [0.1, 0.15) is 45.6 Å². The predicted molar refractivity (Wildman–Crippen MR) is 76.2 cm³/mol. The summed E-state index contributed by atoms with van der Waals surface area (Å²) in [5.74, 6) is 1.53. The molecule has 1 unspecified atom stereocenters. The number of nitrogens with one attached hydrogen (secondary N) is 1. The van der Waals surface area contributed by atoms with Crippen LogP contribution in [0.3, 0.4) is 0 Å². The molecule has 1 atom stereocenters. The molecule has 0 saturated heterocycles. The summed E-state index contributed by atoms with van der Waals surface area (Å²) in [6.45, 7) is 10.1. The molecule has 1 heterocycles. The Labute approximate surface area is 115 Å². The van der Waals surface area contributed by atoms with Crippen LogP contribution < -0.4 is 5.32 Å². The lowest BCUT2D eigenvalue weighted by molar-refractivity contribution is -0.0392. The smallest absolute Gasteiger partial charge is 0.162 e. The van der Waals surface area contributed by atoms with E-state index in [4.69, 9.17) is 9.47 Å². The fourth-order valence-electron chi connectivity index (χ4n) is 1.87. The number of methoxy groups -OCH3 is 1. The van der Waals surface area contributed by atoms with Crippen LogP contribution in [0.15, 0.2) is 6.07 Å². The normalized spacial score (nSPS) is 14.2. The van der Waals surface area contributed by atoms with Gasteiger partial charge in [0.05, 0.1) is 12.3 Å². The lowest BCUT2D eigenvalue weighted by Crippen LogP contribution is -2.28. The highest BCUT2D eigenvalue weighted by atomic mass is 16.5. The van der Waals surface area contributed by atoms with E-state index in [0.717, 1.165) is 24.5 Å². The topological polar surface area (TPSA) is 56.3 Å². The van der Waals surface area contributed by atoms with Gasteiger partial charge < -0.3 is 14.8 Å². The number of nitrogens with zero attached hydrogens (tertiary/aromatic N) is 2. The SMILES string of the molecule is CCNc1cc(COC)nc(C(C)(CC)OCC)n1. The molecule has 19 heavy (non-hydrogen) atoms. The summed E-state index contributed by atoms with van der Waals surface area (Å²) in [5.41, 5.74) is 0.408. The maximum atomic E-state index is 5.84. The molecule has 0 amide bonds. The summed E-state index contributed by atoms with van der Waals surface area (Å²) in [4.78, 5) is 9.13. The standard InChI is InChI=1S/C14H25N3O2/c1-6-14(4,19-8-3)13-16-11(10-18-5)9-12(17-13)15-7-2/h9H,6-8,10H2,1-5H3,(H,15,16,17). The first-order valence-electron chi connectivity index (χ1n) is 6.84. The molecule has 1 aromatic heterocycles. The fourth-order valence-corrected chi connectivity index (χ4v) is 1.87. The van der Waals surface area contributed by atoms with Crippen LogP contribution in [0, 0.1) is 0 Å². The molecular formula is C14H25N3O2. The van der Waals surface area contributed by atoms with E-state index in [0.29, 0.717) is 19.0 Å². The van der Waals surface area contributed by atoms with Gasteiger partial charge in [-0.1, -0.05) is 6.92 Å². The highest BCUT2D eigenvalue weighted by Gasteiger charge is 2.29. The van der Waals surface area contributed by atoms with Gasteiger partial charge in [-0.3, -0.25) is 0 Å². The van der Waals surface area contributed by atoms with Gasteiger partial charge in [-0.25, -0.2) is 9.97 Å². The quantitative estimate of drug-likeness (QED) is 0.785. The fraction of sp³-hybridized carbons (Fsp3) is 0.714. The van der Waals surface area contributed by atoms with Crippen LogP contribution in [0.5, 0.6) is 0 Å². The van der Waals surface area contributed by atoms with Crippen LogP contribution in [0.25, 0.3) is 0 Å². The molecule has 1 N–H and O–H groups in total. The van der Waals surface area contributed by atoms with Crippen molar-refractivity contribution in [3.8, 4) is 0 Å². The average Bonchev–Trinajstić information content (AvgIpc) is 2.39. The van der Waals surface area contributed by atoms with Gasteiger partial charge in [0, 0.05) is 26.3 Å². The number of ether oxygens (including phenoxy) is 2. The third-order valence-electron chi connectivity index (χ3n) is 3.04. The second-order valence-electron chi connectivity index (χ2n) is 4.55. The van der Waals surface area contributed by atoms with Crippen LogP contribution in [0.2, 0.25) is 0 Å². The van der Waals surface area contributed by atoms with Gasteiger partial charge in [0.25, 0.3) is 0 Å². The minimum Gasteiger partial charge on any atom is -0.378 e. The van der Waals surface area contributed by atoms with Crippen molar-refractivity contribution in [1.29, 1.82) is 0 Å². The predicted octanol–water partition coefficient (Wildman–Crippen LogP) is 2.72. The summed E-state index contributed by atoms with van der Waals surface area (Å²) < 4.78 is 11.0. The Balaban J connectivity index is 3.16. The molecule has 1 aromatic rings. The van der Waals surface area contributed by atoms with E-state index in [1.807, 2.05) is 26.8 Å². The van der Waals surface area contributed by atoms with Crippen LogP contribution >= 0.6 is 0 Å². The number of aromatic nitrogens is 2. The zero-order valence-electron chi connectivity index (χ0n) is 12.6. The molecule has 5 nitrogen and oxygen atoms in total. The van der Waals surface area contributed by atoms with Gasteiger partial charge in [-0.2, -0.15) is 0 Å². The van der Waals surface area contributed by atoms with E-state index in [-0.39, 0.29) is 0 Å². The summed E-state index contributed by atoms with van der Waals surface area (Å²) >= 11 is 0. The highest BCUT2D eigenvalue weighted by Crippen LogP contribution is 2.27. The van der Waals surface area contributed by atoms with Crippen molar-refractivity contribution in [1.82, 2.24) is 9.97 Å². The van der Waals surface area contributed by atoms with Crippen LogP contribution in [-0.2, 0) is 21.7 Å². The first-order valence-corrected chi connectivity index (χ1v) is 6.84. The van der Waals surface area contributed by atoms with E-state index in [2.05, 4.69) is 22.2 Å². The van der Waals surface area contributed by atoms with E-state index in [9.17, 15) is 0 Å². The first kappa shape index (κ1) is 15.9. The van der Waals surface area contributed by atoms with Crippen molar-refractivity contribution in [2.45, 2.75) is 46.3 Å². The van der Waals surface area contributed by atoms with Gasteiger partial charge in [-0.05, 0) is 27.2 Å². The lowest BCUT2D eigenvalue weighted by atomic mass is 10.0. The number of anilines is 1. The molecule has 5 heteroatoms. The van der Waals surface area contributed by atoms with Gasteiger partial charge in [0.15, 0.2) is 5.82 Å². The molecule has 0 aliphatic rings. The zero-order chi connectivity index (χ0) is 14.3. The molecule has 0 aliphatic carbocycles. The van der Waals surface area contributed by atoms with Crippen LogP contribution in [-0.4, -0.2) is 30.2 Å². The molecule has 0 aliphatic heterocycles. The highest BCUT2D eigenvalue weighted by molar-refractivity contribution is 5.36. The molecule has 0 spiro atoms. The monoisotopic (exact) mass is 267 g/mol. The van der Waals surface area contributed by atoms with Gasteiger partial charge >= 0.3 is 0 Å². The van der Waals surface area contributed by atoms with Gasteiger partial charge in [-0.15, -0.1) is 0 Å². The number of rotatable bonds is 8. The van der Waals surface area contributed by atoms with Crippen molar-refractivity contribution < 1.29 is 9.47 Å². The molecule has 0 radical (unpaired) electrons. The molecule has 0 fully saturated rings. The zero-order valence-corrected chi connectivity index (χ0v) is 12.6. The molecule has 0 bridgehead atoms. The van der Waals surface area contributed by atoms with Crippen molar-refractivity contribution in [3.05, 3.63) is 17.6 Å². The van der Waals surface area contributed by atoms with Crippen molar-refractivity contribution in [2.75, 3.05) is 25.6 Å². The van der Waals surface area contributed by atoms with E-state index >= 15 is 0 Å². The Morgan fingerprint density at radius 3 is 2.53 bits per heavy atom. The lowest BCUT2D eigenvalue weighted by Gasteiger charge is -2.27. The minimum absolute atomic E-state index is 0.456. The second-order valence-corrected chi connectivity index (χ2v) is 4.55. The number of hydrogen-bond donors (Lipinski definition) is 1. The Morgan fingerprint density at radius 1 is 1.26 bits per heavy atom. The number of hydrogen-bond acceptors (Lipinski definition) is 5. The average molecular weight is 267 g/mol. The minimum atomic E-state index is -0.456. The van der Waals surface area contributed by atoms with Crippen molar-refractivity contribution in [3.63, 3.8) is 0 Å². The largest absolute Gasteiger partial charge is 0.378 e. The van der Waals surface area contributed by atoms with Gasteiger partial charge in [0.1, 0.15) is 11.4 Å². The maximum absolute atomic E-state index is 5.84. The van der Waals surface area contributed by atoms with Gasteiger partial charge in [0.2, 0.25) is 0 Å². The molecule has 0 aromatic carbocycles. The Bertz CT molecular complexity index is 374. The molecule has 1 rings (SSSR count). The Morgan fingerprint density at radius 2 is 2.00 bits per heavy atom. The summed E-state index contributed by atoms with van der Waals surface area (Å²) in [6, 6.07) is 1.92. The molecule has 0 saturated carbocycles. The molecule has 108 valence electrons. The Hall–Kier alpha value is -1.20. The first-order chi connectivity index (χ1) is 9.09. The van der Waals surface area contributed by atoms with E-state index in [1.165, 1.54) is 0 Å². The third kappa shape index (κ3) is 4.14. The van der Waals surface area contributed by atoms with Crippen molar-refractivity contribution >= 4 is 5.82 Å².